The number of hydrogen-bond donors (Lipinski definition) is 2. The van der Waals surface area contributed by atoms with Crippen LogP contribution in [0.4, 0.5) is 11.5 Å². The van der Waals surface area contributed by atoms with E-state index in [4.69, 9.17) is 4.74 Å². The molecule has 0 radical (unpaired) electrons. The maximum atomic E-state index is 12.0. The van der Waals surface area contributed by atoms with Crippen LogP contribution >= 0.6 is 0 Å². The molecule has 1 aromatic rings. The number of carbonyl (C=O) groups is 1. The zero-order chi connectivity index (χ0) is 15.1. The van der Waals surface area contributed by atoms with Crippen LogP contribution in [-0.2, 0) is 4.74 Å². The second-order valence-corrected chi connectivity index (χ2v) is 4.36. The van der Waals surface area contributed by atoms with Gasteiger partial charge < -0.3 is 15.4 Å². The number of methoxy groups -OCH3 is 1. The number of anilines is 1. The molecular formula is C12H18N4O4. The van der Waals surface area contributed by atoms with E-state index in [0.29, 0.717) is 19.0 Å². The number of aromatic nitrogens is 1. The molecule has 2 N–H and O–H groups in total. The van der Waals surface area contributed by atoms with Crippen LogP contribution in [0.15, 0.2) is 12.3 Å². The number of nitrogens with one attached hydrogen (secondary N) is 2. The van der Waals surface area contributed by atoms with E-state index in [1.54, 1.807) is 14.2 Å². The first kappa shape index (κ1) is 15.8. The average molecular weight is 282 g/mol. The molecule has 20 heavy (non-hydrogen) atoms. The van der Waals surface area contributed by atoms with E-state index in [2.05, 4.69) is 15.6 Å². The topological polar surface area (TPSA) is 106 Å². The van der Waals surface area contributed by atoms with Crippen molar-refractivity contribution in [3.05, 3.63) is 27.9 Å². The summed E-state index contributed by atoms with van der Waals surface area (Å²) in [6.45, 7) is 2.78. The van der Waals surface area contributed by atoms with Gasteiger partial charge in [-0.1, -0.05) is 6.92 Å². The highest BCUT2D eigenvalue weighted by molar-refractivity contribution is 5.98. The van der Waals surface area contributed by atoms with Gasteiger partial charge in [0.25, 0.3) is 11.6 Å². The molecule has 8 nitrogen and oxygen atoms in total. The van der Waals surface area contributed by atoms with E-state index < -0.39 is 10.8 Å². The van der Waals surface area contributed by atoms with E-state index in [9.17, 15) is 14.9 Å². The first-order chi connectivity index (χ1) is 9.49. The number of nitro groups is 1. The van der Waals surface area contributed by atoms with Gasteiger partial charge in [0.2, 0.25) is 0 Å². The zero-order valence-corrected chi connectivity index (χ0v) is 11.7. The first-order valence-electron chi connectivity index (χ1n) is 6.09. The predicted molar refractivity (Wildman–Crippen MR) is 73.8 cm³/mol. The van der Waals surface area contributed by atoms with E-state index in [0.717, 1.165) is 6.20 Å². The van der Waals surface area contributed by atoms with E-state index in [1.807, 2.05) is 6.92 Å². The summed E-state index contributed by atoms with van der Waals surface area (Å²) in [4.78, 5) is 26.2. The van der Waals surface area contributed by atoms with Crippen molar-refractivity contribution in [1.82, 2.24) is 10.3 Å². The third kappa shape index (κ3) is 4.16. The Labute approximate surface area is 116 Å². The van der Waals surface area contributed by atoms with E-state index >= 15 is 0 Å². The van der Waals surface area contributed by atoms with Gasteiger partial charge in [0.1, 0.15) is 17.6 Å². The highest BCUT2D eigenvalue weighted by atomic mass is 16.6. The predicted octanol–water partition coefficient (Wildman–Crippen LogP) is 1.04. The van der Waals surface area contributed by atoms with Crippen LogP contribution < -0.4 is 10.6 Å². The number of hydrogen-bond acceptors (Lipinski definition) is 6. The molecule has 1 heterocycles. The van der Waals surface area contributed by atoms with Gasteiger partial charge >= 0.3 is 0 Å². The lowest BCUT2D eigenvalue weighted by Crippen LogP contribution is -2.30. The molecule has 110 valence electrons. The summed E-state index contributed by atoms with van der Waals surface area (Å²) in [7, 11) is 3.20. The van der Waals surface area contributed by atoms with Crippen molar-refractivity contribution in [2.45, 2.75) is 6.92 Å². The van der Waals surface area contributed by atoms with Crippen LogP contribution in [0.1, 0.15) is 17.3 Å². The number of carbonyl (C=O) groups excluding carboxylic acids is 1. The lowest BCUT2D eigenvalue weighted by Gasteiger charge is -2.12. The summed E-state index contributed by atoms with van der Waals surface area (Å²) in [5.41, 5.74) is -0.333. The maximum Gasteiger partial charge on any atom is 0.300 e. The number of pyridine rings is 1. The van der Waals surface area contributed by atoms with Crippen LogP contribution in [0, 0.1) is 16.0 Å². The number of amides is 1. The van der Waals surface area contributed by atoms with Crippen molar-refractivity contribution >= 4 is 17.4 Å². The minimum atomic E-state index is -0.625. The summed E-state index contributed by atoms with van der Waals surface area (Å²) in [5.74, 6) is 0.0119. The van der Waals surface area contributed by atoms with Gasteiger partial charge in [-0.2, -0.15) is 0 Å². The van der Waals surface area contributed by atoms with Gasteiger partial charge in [0.05, 0.1) is 11.5 Å². The SMILES string of the molecule is CNc1cc(C(=O)NCC(C)COC)c([N+](=O)[O-])cn1. The molecular weight excluding hydrogens is 264 g/mol. The van der Waals surface area contributed by atoms with Crippen LogP contribution in [0.2, 0.25) is 0 Å². The van der Waals surface area contributed by atoms with Crippen molar-refractivity contribution in [3.63, 3.8) is 0 Å². The smallest absolute Gasteiger partial charge is 0.300 e. The van der Waals surface area contributed by atoms with Gasteiger partial charge in [-0.3, -0.25) is 14.9 Å². The second kappa shape index (κ2) is 7.39. The summed E-state index contributed by atoms with van der Waals surface area (Å²) in [5, 5.41) is 16.3. The van der Waals surface area contributed by atoms with Crippen molar-refractivity contribution < 1.29 is 14.5 Å². The Hall–Kier alpha value is -2.22. The standard InChI is InChI=1S/C12H18N4O4/c1-8(7-20-3)5-15-12(17)9-4-11(13-2)14-6-10(9)16(18)19/h4,6,8H,5,7H2,1-3H3,(H,13,14)(H,15,17). The molecule has 1 aromatic heterocycles. The molecule has 0 saturated heterocycles. The zero-order valence-electron chi connectivity index (χ0n) is 11.7. The van der Waals surface area contributed by atoms with Gasteiger partial charge in [0.15, 0.2) is 0 Å². The molecule has 0 aliphatic rings. The lowest BCUT2D eigenvalue weighted by atomic mass is 10.1. The van der Waals surface area contributed by atoms with Crippen molar-refractivity contribution in [1.29, 1.82) is 0 Å². The first-order valence-corrected chi connectivity index (χ1v) is 6.09. The van der Waals surface area contributed by atoms with Crippen LogP contribution in [-0.4, -0.2) is 43.1 Å². The molecule has 0 spiro atoms. The summed E-state index contributed by atoms with van der Waals surface area (Å²) < 4.78 is 4.96. The third-order valence-corrected chi connectivity index (χ3v) is 2.64. The molecule has 0 aliphatic carbocycles. The summed E-state index contributed by atoms with van der Waals surface area (Å²) in [6.07, 6.45) is 1.07. The number of nitrogens with zero attached hydrogens (tertiary/aromatic N) is 2. The Morgan fingerprint density at radius 1 is 1.60 bits per heavy atom. The van der Waals surface area contributed by atoms with Crippen LogP contribution in [0.25, 0.3) is 0 Å². The van der Waals surface area contributed by atoms with E-state index in [1.165, 1.54) is 6.07 Å². The third-order valence-electron chi connectivity index (χ3n) is 2.64. The molecule has 0 aromatic carbocycles. The molecule has 1 unspecified atom stereocenters. The normalized spacial score (nSPS) is 11.8. The Bertz CT molecular complexity index is 492. The number of rotatable bonds is 7. The molecule has 1 rings (SSSR count). The van der Waals surface area contributed by atoms with Gasteiger partial charge in [-0.05, 0) is 5.92 Å². The molecule has 0 bridgehead atoms. The fourth-order valence-corrected chi connectivity index (χ4v) is 1.62. The van der Waals surface area contributed by atoms with E-state index in [-0.39, 0.29) is 17.2 Å². The summed E-state index contributed by atoms with van der Waals surface area (Å²) in [6, 6.07) is 1.36. The quantitative estimate of drug-likeness (QED) is 0.571. The minimum absolute atomic E-state index is 0.0148. The Morgan fingerprint density at radius 3 is 2.85 bits per heavy atom. The monoisotopic (exact) mass is 282 g/mol. The molecule has 8 heteroatoms. The Balaban J connectivity index is 2.87. The van der Waals surface area contributed by atoms with Crippen LogP contribution in [0.5, 0.6) is 0 Å². The van der Waals surface area contributed by atoms with Gasteiger partial charge in [-0.15, -0.1) is 0 Å². The average Bonchev–Trinajstić information content (AvgIpc) is 2.44. The molecule has 1 atom stereocenters. The minimum Gasteiger partial charge on any atom is -0.384 e. The van der Waals surface area contributed by atoms with Crippen molar-refractivity contribution in [2.24, 2.45) is 5.92 Å². The van der Waals surface area contributed by atoms with Crippen molar-refractivity contribution in [2.75, 3.05) is 32.6 Å². The molecule has 0 fully saturated rings. The maximum absolute atomic E-state index is 12.0. The van der Waals surface area contributed by atoms with Gasteiger partial charge in [0, 0.05) is 26.8 Å². The summed E-state index contributed by atoms with van der Waals surface area (Å²) >= 11 is 0. The largest absolute Gasteiger partial charge is 0.384 e. The molecule has 0 saturated carbocycles. The van der Waals surface area contributed by atoms with Gasteiger partial charge in [-0.25, -0.2) is 4.98 Å². The Kier molecular flexibility index (Phi) is 5.85. The number of ether oxygens (including phenoxy) is 1. The Morgan fingerprint density at radius 2 is 2.30 bits per heavy atom. The molecule has 1 amide bonds. The highest BCUT2D eigenvalue weighted by Gasteiger charge is 2.21. The lowest BCUT2D eigenvalue weighted by molar-refractivity contribution is -0.385. The fourth-order valence-electron chi connectivity index (χ4n) is 1.62. The fraction of sp³-hybridized carbons (Fsp3) is 0.500. The second-order valence-electron chi connectivity index (χ2n) is 4.36. The molecule has 0 aliphatic heterocycles. The van der Waals surface area contributed by atoms with Crippen molar-refractivity contribution in [3.8, 4) is 0 Å². The van der Waals surface area contributed by atoms with Crippen LogP contribution in [0.3, 0.4) is 0 Å². The highest BCUT2D eigenvalue weighted by Crippen LogP contribution is 2.20.